The molecule has 0 aliphatic rings. The Morgan fingerprint density at radius 2 is 1.33 bits per heavy atom. The van der Waals surface area contributed by atoms with Crippen LogP contribution in [0.15, 0.2) is 41.2 Å². The number of nitrogen functional groups attached to an aromatic ring is 2. The van der Waals surface area contributed by atoms with Gasteiger partial charge in [-0.25, -0.2) is 14.4 Å². The minimum Gasteiger partial charge on any atom is -0.478 e. The number of nitrogens with one attached hydrogen (secondary N) is 2. The number of hydrogen-bond acceptors (Lipinski definition) is 5. The predicted octanol–water partition coefficient (Wildman–Crippen LogP) is 1.10. The lowest BCUT2D eigenvalue weighted by Gasteiger charge is -1.99. The fourth-order valence-electron chi connectivity index (χ4n) is 1.87. The summed E-state index contributed by atoms with van der Waals surface area (Å²) in [5.41, 5.74) is 12.5. The van der Waals surface area contributed by atoms with Gasteiger partial charge in [-0.3, -0.25) is 0 Å². The van der Waals surface area contributed by atoms with Crippen LogP contribution in [0.2, 0.25) is 0 Å². The highest BCUT2D eigenvalue weighted by molar-refractivity contribution is 5.92. The number of nitrogens with two attached hydrogens (primary N) is 2. The van der Waals surface area contributed by atoms with Crippen molar-refractivity contribution in [3.05, 3.63) is 58.0 Å². The maximum atomic E-state index is 10.8. The summed E-state index contributed by atoms with van der Waals surface area (Å²) >= 11 is 0. The summed E-state index contributed by atoms with van der Waals surface area (Å²) in [5.74, 6) is -2.01. The number of benzene rings is 2. The van der Waals surface area contributed by atoms with Crippen LogP contribution in [-0.4, -0.2) is 32.1 Å². The topological polar surface area (TPSA) is 175 Å². The number of hydrogen-bond donors (Lipinski definition) is 6. The molecule has 0 saturated heterocycles. The van der Waals surface area contributed by atoms with Crippen LogP contribution in [0.25, 0.3) is 11.0 Å². The molecule has 1 heterocycles. The van der Waals surface area contributed by atoms with Crippen LogP contribution in [0.4, 0.5) is 11.4 Å². The predicted molar refractivity (Wildman–Crippen MR) is 88.1 cm³/mol. The zero-order valence-corrected chi connectivity index (χ0v) is 12.2. The second-order valence-corrected chi connectivity index (χ2v) is 4.79. The Labute approximate surface area is 134 Å². The molecule has 124 valence electrons. The lowest BCUT2D eigenvalue weighted by atomic mass is 10.2. The van der Waals surface area contributed by atoms with E-state index in [9.17, 15) is 14.4 Å². The average molecular weight is 330 g/mol. The van der Waals surface area contributed by atoms with Crippen LogP contribution in [-0.2, 0) is 0 Å². The van der Waals surface area contributed by atoms with Crippen molar-refractivity contribution in [2.24, 2.45) is 0 Å². The van der Waals surface area contributed by atoms with Gasteiger partial charge in [-0.15, -0.1) is 0 Å². The number of carbonyl (C=O) groups is 2. The lowest BCUT2D eigenvalue weighted by Crippen LogP contribution is -2.00. The first kappa shape index (κ1) is 16.6. The highest BCUT2D eigenvalue weighted by atomic mass is 16.4. The molecule has 0 unspecified atom stereocenters. The molecule has 1 aromatic heterocycles. The smallest absolute Gasteiger partial charge is 0.335 e. The maximum absolute atomic E-state index is 10.8. The first-order valence-corrected chi connectivity index (χ1v) is 6.61. The van der Waals surface area contributed by atoms with Crippen LogP contribution in [0.5, 0.6) is 0 Å². The van der Waals surface area contributed by atoms with Crippen molar-refractivity contribution >= 4 is 34.3 Å². The molecule has 9 nitrogen and oxygen atoms in total. The Kier molecular flexibility index (Phi) is 4.55. The maximum Gasteiger partial charge on any atom is 0.335 e. The third-order valence-electron chi connectivity index (χ3n) is 3.10. The van der Waals surface area contributed by atoms with E-state index < -0.39 is 11.9 Å². The van der Waals surface area contributed by atoms with Crippen LogP contribution in [0.3, 0.4) is 0 Å². The second-order valence-electron chi connectivity index (χ2n) is 4.79. The number of H-pyrrole nitrogens is 2. The molecule has 8 N–H and O–H groups in total. The summed E-state index contributed by atoms with van der Waals surface area (Å²) in [6, 6.07) is 8.62. The fourth-order valence-corrected chi connectivity index (χ4v) is 1.87. The van der Waals surface area contributed by atoms with Crippen molar-refractivity contribution < 1.29 is 19.8 Å². The van der Waals surface area contributed by atoms with Crippen molar-refractivity contribution in [1.29, 1.82) is 0 Å². The molecule has 0 radical (unpaired) electrons. The molecule has 24 heavy (non-hydrogen) atoms. The van der Waals surface area contributed by atoms with E-state index in [1.165, 1.54) is 30.3 Å². The number of aromatic carboxylic acids is 2. The zero-order valence-electron chi connectivity index (χ0n) is 12.2. The van der Waals surface area contributed by atoms with E-state index in [-0.39, 0.29) is 16.8 Å². The molecule has 0 aliphatic carbocycles. The van der Waals surface area contributed by atoms with Gasteiger partial charge in [0, 0.05) is 0 Å². The van der Waals surface area contributed by atoms with Crippen LogP contribution in [0.1, 0.15) is 20.7 Å². The number of carboxylic acid groups (broad SMARTS) is 2. The molecule has 3 aromatic rings. The number of imidazole rings is 1. The lowest BCUT2D eigenvalue weighted by molar-refractivity contribution is 0.0686. The third-order valence-corrected chi connectivity index (χ3v) is 3.10. The van der Waals surface area contributed by atoms with Crippen molar-refractivity contribution in [2.45, 2.75) is 0 Å². The largest absolute Gasteiger partial charge is 0.478 e. The van der Waals surface area contributed by atoms with Gasteiger partial charge in [-0.2, -0.15) is 0 Å². The summed E-state index contributed by atoms with van der Waals surface area (Å²) in [6.07, 6.45) is 0. The van der Waals surface area contributed by atoms with Gasteiger partial charge in [0.15, 0.2) is 0 Å². The summed E-state index contributed by atoms with van der Waals surface area (Å²) in [6.45, 7) is 0. The summed E-state index contributed by atoms with van der Waals surface area (Å²) in [7, 11) is 0. The Morgan fingerprint density at radius 1 is 0.792 bits per heavy atom. The highest BCUT2D eigenvalue weighted by Crippen LogP contribution is 2.15. The Balaban J connectivity index is 0.000000177. The first-order chi connectivity index (χ1) is 11.3. The average Bonchev–Trinajstić information content (AvgIpc) is 2.89. The van der Waals surface area contributed by atoms with E-state index in [2.05, 4.69) is 9.97 Å². The fraction of sp³-hybridized carbons (Fsp3) is 0. The molecule has 9 heteroatoms. The molecule has 0 amide bonds. The van der Waals surface area contributed by atoms with E-state index in [0.29, 0.717) is 22.4 Å². The monoisotopic (exact) mass is 330 g/mol. The van der Waals surface area contributed by atoms with Crippen molar-refractivity contribution in [3.63, 3.8) is 0 Å². The normalized spacial score (nSPS) is 10.0. The molecule has 3 rings (SSSR count). The minimum absolute atomic E-state index is 0.150. The molecule has 0 saturated carbocycles. The summed E-state index contributed by atoms with van der Waals surface area (Å²) < 4.78 is 0. The van der Waals surface area contributed by atoms with E-state index in [1.54, 1.807) is 6.07 Å². The SMILES string of the molecule is Nc1ccc(C(=O)O)cc1N.O=C(O)c1ccc2[nH]c(=O)[nH]c2c1. The number of fused-ring (bicyclic) bond motifs is 1. The van der Waals surface area contributed by atoms with E-state index in [1.807, 2.05) is 0 Å². The van der Waals surface area contributed by atoms with Crippen molar-refractivity contribution in [1.82, 2.24) is 9.97 Å². The Morgan fingerprint density at radius 3 is 1.92 bits per heavy atom. The van der Waals surface area contributed by atoms with Gasteiger partial charge in [-0.05, 0) is 36.4 Å². The van der Waals surface area contributed by atoms with Crippen LogP contribution < -0.4 is 17.2 Å². The third kappa shape index (κ3) is 3.71. The molecular weight excluding hydrogens is 316 g/mol. The molecule has 0 aliphatic heterocycles. The molecule has 0 fully saturated rings. The van der Waals surface area contributed by atoms with Gasteiger partial charge >= 0.3 is 17.6 Å². The summed E-state index contributed by atoms with van der Waals surface area (Å²) in [5, 5.41) is 17.2. The molecular formula is C15H14N4O5. The standard InChI is InChI=1S/C8H6N2O3.C7H8N2O2/c11-7(12)4-1-2-5-6(3-4)10-8(13)9-5;8-5-2-1-4(7(10)11)3-6(5)9/h1-3H,(H,11,12)(H2,9,10,13);1-3H,8-9H2,(H,10,11). The van der Waals surface area contributed by atoms with Gasteiger partial charge in [0.2, 0.25) is 0 Å². The van der Waals surface area contributed by atoms with Gasteiger partial charge in [0.05, 0.1) is 33.5 Å². The van der Waals surface area contributed by atoms with Crippen LogP contribution >= 0.6 is 0 Å². The van der Waals surface area contributed by atoms with E-state index >= 15 is 0 Å². The minimum atomic E-state index is -1.01. The van der Waals surface area contributed by atoms with Crippen LogP contribution in [0, 0.1) is 0 Å². The molecule has 2 aromatic carbocycles. The van der Waals surface area contributed by atoms with Gasteiger partial charge < -0.3 is 31.6 Å². The number of aromatic amines is 2. The van der Waals surface area contributed by atoms with Gasteiger partial charge in [0.25, 0.3) is 0 Å². The van der Waals surface area contributed by atoms with E-state index in [0.717, 1.165) is 0 Å². The quantitative estimate of drug-likeness (QED) is 0.381. The van der Waals surface area contributed by atoms with Gasteiger partial charge in [0.1, 0.15) is 0 Å². The summed E-state index contributed by atoms with van der Waals surface area (Å²) in [4.78, 5) is 36.7. The van der Waals surface area contributed by atoms with Gasteiger partial charge in [-0.1, -0.05) is 0 Å². The number of aromatic nitrogens is 2. The number of carboxylic acids is 2. The van der Waals surface area contributed by atoms with Crippen molar-refractivity contribution in [2.75, 3.05) is 11.5 Å². The Bertz CT molecular complexity index is 973. The Hall–Kier alpha value is -3.75. The number of rotatable bonds is 2. The zero-order chi connectivity index (χ0) is 17.9. The molecule has 0 spiro atoms. The molecule has 0 bridgehead atoms. The van der Waals surface area contributed by atoms with Crippen molar-refractivity contribution in [3.8, 4) is 0 Å². The second kappa shape index (κ2) is 6.57. The van der Waals surface area contributed by atoms with E-state index in [4.69, 9.17) is 21.7 Å². The number of anilines is 2. The molecule has 0 atom stereocenters. The highest BCUT2D eigenvalue weighted by Gasteiger charge is 2.05. The first-order valence-electron chi connectivity index (χ1n) is 6.61.